The van der Waals surface area contributed by atoms with Crippen LogP contribution in [0.2, 0.25) is 0 Å². The van der Waals surface area contributed by atoms with Crippen LogP contribution >= 0.6 is 0 Å². The van der Waals surface area contributed by atoms with Crippen molar-refractivity contribution in [1.29, 1.82) is 0 Å². The first-order chi connectivity index (χ1) is 3.25. The van der Waals surface area contributed by atoms with E-state index in [0.29, 0.717) is 0 Å². The minimum Gasteiger partial charge on any atom is -1.00 e. The molecule has 0 saturated carbocycles. The first kappa shape index (κ1) is 12.5. The summed E-state index contributed by atoms with van der Waals surface area (Å²) < 4.78 is 28.0. The average Bonchev–Trinajstić information content (AvgIpc) is 1.25. The predicted octanol–water partition coefficient (Wildman–Crippen LogP) is -4.42. The van der Waals surface area contributed by atoms with Gasteiger partial charge >= 0.3 is 29.6 Å². The van der Waals surface area contributed by atoms with Gasteiger partial charge in [0, 0.05) is 0 Å². The van der Waals surface area contributed by atoms with Gasteiger partial charge in [0.1, 0.15) is 0 Å². The molecular formula is C2H9N2NaO3S. The second-order valence-electron chi connectivity index (χ2n) is 1.66. The Morgan fingerprint density at radius 3 is 1.67 bits per heavy atom. The fourth-order valence-corrected chi connectivity index (χ4v) is 0. The van der Waals surface area contributed by atoms with Crippen molar-refractivity contribution < 1.29 is 44.0 Å². The molecule has 0 amide bonds. The molecule has 9 heavy (non-hydrogen) atoms. The Morgan fingerprint density at radius 1 is 1.56 bits per heavy atom. The summed E-state index contributed by atoms with van der Waals surface area (Å²) in [5.74, 6) is 0. The van der Waals surface area contributed by atoms with E-state index in [-0.39, 0.29) is 31.0 Å². The van der Waals surface area contributed by atoms with Crippen molar-refractivity contribution in [1.82, 2.24) is 0 Å². The maximum Gasteiger partial charge on any atom is 1.00 e. The molecule has 0 radical (unpaired) electrons. The molecule has 0 aliphatic heterocycles. The van der Waals surface area contributed by atoms with Gasteiger partial charge in [0.2, 0.25) is 0 Å². The molecule has 0 bridgehead atoms. The monoisotopic (exact) mass is 164 g/mol. The van der Waals surface area contributed by atoms with Crippen LogP contribution in [0.5, 0.6) is 0 Å². The summed E-state index contributed by atoms with van der Waals surface area (Å²) in [5.41, 5.74) is 9.50. The average molecular weight is 164 g/mol. The van der Waals surface area contributed by atoms with Crippen molar-refractivity contribution in [2.45, 2.75) is 11.9 Å². The minimum absolute atomic E-state index is 0. The van der Waals surface area contributed by atoms with Gasteiger partial charge in [-0.1, -0.05) is 0 Å². The van der Waals surface area contributed by atoms with Gasteiger partial charge in [0.15, 0.2) is 4.99 Å². The molecule has 0 aliphatic rings. The molecule has 0 rings (SSSR count). The second kappa shape index (κ2) is 3.29. The molecule has 0 aromatic rings. The van der Waals surface area contributed by atoms with Gasteiger partial charge in [-0.15, -0.1) is 0 Å². The Morgan fingerprint density at radius 2 is 1.67 bits per heavy atom. The van der Waals surface area contributed by atoms with E-state index in [0.717, 1.165) is 6.92 Å². The van der Waals surface area contributed by atoms with Gasteiger partial charge in [0.25, 0.3) is 10.1 Å². The van der Waals surface area contributed by atoms with Gasteiger partial charge in [-0.3, -0.25) is 16.0 Å². The quantitative estimate of drug-likeness (QED) is 0.206. The zero-order valence-electron chi connectivity index (χ0n) is 6.33. The maximum atomic E-state index is 9.96. The molecule has 0 unspecified atom stereocenters. The van der Waals surface area contributed by atoms with Gasteiger partial charge in [-0.2, -0.15) is 8.42 Å². The van der Waals surface area contributed by atoms with E-state index in [1.165, 1.54) is 0 Å². The smallest absolute Gasteiger partial charge is 1.00 e. The predicted molar refractivity (Wildman–Crippen MR) is 29.4 cm³/mol. The van der Waals surface area contributed by atoms with Crippen LogP contribution in [0.3, 0.4) is 0 Å². The van der Waals surface area contributed by atoms with Crippen LogP contribution in [0.1, 0.15) is 8.35 Å². The van der Waals surface area contributed by atoms with Gasteiger partial charge in [0.05, 0.1) is 0 Å². The Bertz CT molecular complexity index is 173. The van der Waals surface area contributed by atoms with Crippen LogP contribution in [0.4, 0.5) is 0 Å². The van der Waals surface area contributed by atoms with E-state index in [4.69, 9.17) is 16.0 Å². The topological polar surface area (TPSA) is 106 Å². The van der Waals surface area contributed by atoms with E-state index < -0.39 is 15.1 Å². The molecule has 7 heteroatoms. The van der Waals surface area contributed by atoms with E-state index in [1.807, 2.05) is 0 Å². The fourth-order valence-electron chi connectivity index (χ4n) is 0. The Labute approximate surface area is 77.3 Å². The van der Waals surface area contributed by atoms with Crippen LogP contribution in [-0.2, 0) is 10.1 Å². The summed E-state index contributed by atoms with van der Waals surface area (Å²) in [6.07, 6.45) is 0. The number of rotatable bonds is 1. The SMILES string of the molecule is CC(N)(N)S(=O)(=O)O.[H-].[Na+]. The van der Waals surface area contributed by atoms with Crippen molar-refractivity contribution in [2.75, 3.05) is 0 Å². The summed E-state index contributed by atoms with van der Waals surface area (Å²) in [7, 11) is -4.28. The van der Waals surface area contributed by atoms with Gasteiger partial charge in [-0.25, -0.2) is 0 Å². The fraction of sp³-hybridized carbons (Fsp3) is 1.00. The number of hydrogen-bond acceptors (Lipinski definition) is 4. The summed E-state index contributed by atoms with van der Waals surface area (Å²) in [5, 5.41) is 0. The molecule has 0 atom stereocenters. The molecule has 0 aliphatic carbocycles. The van der Waals surface area contributed by atoms with Crippen molar-refractivity contribution in [3.05, 3.63) is 0 Å². The summed E-state index contributed by atoms with van der Waals surface area (Å²) >= 11 is 0. The summed E-state index contributed by atoms with van der Waals surface area (Å²) in [6.45, 7) is 0.988. The zero-order chi connectivity index (χ0) is 7.00. The molecule has 0 heterocycles. The van der Waals surface area contributed by atoms with E-state index in [9.17, 15) is 8.42 Å². The molecule has 0 fully saturated rings. The molecule has 5 nitrogen and oxygen atoms in total. The summed E-state index contributed by atoms with van der Waals surface area (Å²) in [4.78, 5) is -2.03. The first-order valence-electron chi connectivity index (χ1n) is 1.80. The van der Waals surface area contributed by atoms with Crippen molar-refractivity contribution >= 4 is 10.1 Å². The molecule has 0 aromatic heterocycles. The third-order valence-electron chi connectivity index (χ3n) is 0.556. The Balaban J connectivity index is -0.000000245. The standard InChI is InChI=1S/C2H8N2O3S.Na.H/c1-2(3,4)8(5,6)7;;/h3-4H2,1H3,(H,5,6,7);;/q;+1;-1. The van der Waals surface area contributed by atoms with Crippen molar-refractivity contribution in [3.8, 4) is 0 Å². The van der Waals surface area contributed by atoms with E-state index in [1.54, 1.807) is 0 Å². The van der Waals surface area contributed by atoms with E-state index in [2.05, 4.69) is 0 Å². The first-order valence-corrected chi connectivity index (χ1v) is 3.24. The van der Waals surface area contributed by atoms with Gasteiger partial charge in [-0.05, 0) is 6.92 Å². The van der Waals surface area contributed by atoms with Crippen LogP contribution in [0.15, 0.2) is 0 Å². The van der Waals surface area contributed by atoms with Crippen molar-refractivity contribution in [3.63, 3.8) is 0 Å². The molecular weight excluding hydrogens is 155 g/mol. The van der Waals surface area contributed by atoms with Crippen LogP contribution in [0, 0.1) is 0 Å². The zero-order valence-corrected chi connectivity index (χ0v) is 8.14. The minimum atomic E-state index is -4.28. The third-order valence-corrected chi connectivity index (χ3v) is 1.67. The number of hydrogen-bond donors (Lipinski definition) is 3. The Kier molecular flexibility index (Phi) is 4.57. The van der Waals surface area contributed by atoms with Crippen LogP contribution < -0.4 is 41.0 Å². The molecule has 0 spiro atoms. The third kappa shape index (κ3) is 4.26. The van der Waals surface area contributed by atoms with E-state index >= 15 is 0 Å². The Hall–Kier alpha value is 0.830. The maximum absolute atomic E-state index is 9.96. The largest absolute Gasteiger partial charge is 1.00 e. The van der Waals surface area contributed by atoms with Crippen LogP contribution in [-0.4, -0.2) is 18.0 Å². The van der Waals surface area contributed by atoms with Crippen LogP contribution in [0.25, 0.3) is 0 Å². The van der Waals surface area contributed by atoms with Gasteiger partial charge < -0.3 is 1.43 Å². The molecule has 0 saturated heterocycles. The molecule has 0 aromatic carbocycles. The molecule has 52 valence electrons. The summed E-state index contributed by atoms with van der Waals surface area (Å²) in [6, 6.07) is 0. The second-order valence-corrected chi connectivity index (χ2v) is 3.49. The van der Waals surface area contributed by atoms with Crippen molar-refractivity contribution in [2.24, 2.45) is 11.5 Å². The molecule has 5 N–H and O–H groups in total. The number of nitrogens with two attached hydrogens (primary N) is 2. The normalized spacial score (nSPS) is 12.4.